The molecule has 0 aromatic heterocycles. The number of aliphatic carboxylic acids is 1. The number of thioether (sulfide) groups is 1. The fraction of sp³-hybridized carbons (Fsp3) is 0.381. The van der Waals surface area contributed by atoms with E-state index in [-0.39, 0.29) is 5.91 Å². The second-order valence-electron chi connectivity index (χ2n) is 7.64. The predicted molar refractivity (Wildman–Crippen MR) is 110 cm³/mol. The van der Waals surface area contributed by atoms with Gasteiger partial charge < -0.3 is 20.1 Å². The first-order valence-corrected chi connectivity index (χ1v) is 10.3. The van der Waals surface area contributed by atoms with Crippen LogP contribution in [0.4, 0.5) is 0 Å². The lowest BCUT2D eigenvalue weighted by molar-refractivity contribution is -0.159. The molecule has 1 unspecified atom stereocenters. The molecule has 2 aliphatic rings. The second-order valence-corrected chi connectivity index (χ2v) is 9.41. The molecular formula is C21H22N2O5S. The van der Waals surface area contributed by atoms with Crippen LogP contribution >= 0.6 is 11.8 Å². The number of hydrogen-bond acceptors (Lipinski definition) is 5. The lowest BCUT2D eigenvalue weighted by atomic mass is 9.95. The van der Waals surface area contributed by atoms with Gasteiger partial charge in [-0.25, -0.2) is 4.79 Å². The van der Waals surface area contributed by atoms with Crippen LogP contribution < -0.4 is 10.1 Å². The van der Waals surface area contributed by atoms with Gasteiger partial charge in [0, 0.05) is 4.75 Å². The van der Waals surface area contributed by atoms with Gasteiger partial charge in [-0.3, -0.25) is 9.59 Å². The summed E-state index contributed by atoms with van der Waals surface area (Å²) >= 11 is 1.40. The normalized spacial score (nSPS) is 24.7. The molecule has 0 saturated carbocycles. The largest absolute Gasteiger partial charge is 0.493 e. The fourth-order valence-corrected chi connectivity index (χ4v) is 5.75. The average Bonchev–Trinajstić information content (AvgIpc) is 2.94. The topological polar surface area (TPSA) is 95.9 Å². The zero-order chi connectivity index (χ0) is 20.9. The number of carboxylic acid groups (broad SMARTS) is 1. The summed E-state index contributed by atoms with van der Waals surface area (Å²) in [5.74, 6) is -1.35. The molecule has 2 aromatic carbocycles. The Hall–Kier alpha value is -2.74. The van der Waals surface area contributed by atoms with Crippen LogP contribution in [0.5, 0.6) is 5.75 Å². The van der Waals surface area contributed by atoms with Gasteiger partial charge in [0.25, 0.3) is 5.91 Å². The molecule has 2 N–H and O–H groups in total. The van der Waals surface area contributed by atoms with E-state index in [1.165, 1.54) is 16.7 Å². The molecule has 7 nitrogen and oxygen atoms in total. The van der Waals surface area contributed by atoms with Crippen molar-refractivity contribution < 1.29 is 24.2 Å². The maximum atomic E-state index is 13.2. The molecule has 3 atom stereocenters. The molecule has 0 bridgehead atoms. The monoisotopic (exact) mass is 414 g/mol. The van der Waals surface area contributed by atoms with Crippen LogP contribution in [0.3, 0.4) is 0 Å². The summed E-state index contributed by atoms with van der Waals surface area (Å²) in [6.45, 7) is 5.85. The van der Waals surface area contributed by atoms with Crippen LogP contribution in [0.2, 0.25) is 0 Å². The molecule has 2 aromatic rings. The standard InChI is InChI=1S/C21H22N2O5S/c1-4-28-13-10-9-11-7-5-6-8-12(11)14(13)17(24)22-15-18(25)23-16(20(26)27)21(2,3)29-19(15)23/h5-10,15-16,19H,4H2,1-3H3,(H,22,24)(H,26,27)/t15?,16-,19+/m0/s1. The molecule has 8 heteroatoms. The fourth-order valence-electron chi connectivity index (χ4n) is 4.12. The number of carbonyl (C=O) groups excluding carboxylic acids is 2. The Labute approximate surface area is 172 Å². The van der Waals surface area contributed by atoms with Gasteiger partial charge in [0.2, 0.25) is 5.91 Å². The van der Waals surface area contributed by atoms with Crippen LogP contribution in [0.25, 0.3) is 10.8 Å². The molecule has 2 fully saturated rings. The maximum absolute atomic E-state index is 13.2. The van der Waals surface area contributed by atoms with Crippen molar-refractivity contribution >= 4 is 40.3 Å². The Morgan fingerprint density at radius 2 is 1.97 bits per heavy atom. The summed E-state index contributed by atoms with van der Waals surface area (Å²) in [4.78, 5) is 38.9. The van der Waals surface area contributed by atoms with Gasteiger partial charge in [-0.05, 0) is 37.6 Å². The molecule has 4 rings (SSSR count). The number of rotatable bonds is 5. The van der Waals surface area contributed by atoms with E-state index in [4.69, 9.17) is 4.74 Å². The molecule has 2 heterocycles. The molecule has 0 aliphatic carbocycles. The molecule has 152 valence electrons. The number of amides is 2. The maximum Gasteiger partial charge on any atom is 0.327 e. The van der Waals surface area contributed by atoms with Crippen molar-refractivity contribution in [3.8, 4) is 5.75 Å². The number of ether oxygens (including phenoxy) is 1. The summed E-state index contributed by atoms with van der Waals surface area (Å²) in [5, 5.41) is 13.6. The van der Waals surface area contributed by atoms with Crippen LogP contribution in [-0.2, 0) is 9.59 Å². The zero-order valence-corrected chi connectivity index (χ0v) is 17.2. The highest BCUT2D eigenvalue weighted by atomic mass is 32.2. The van der Waals surface area contributed by atoms with Crippen molar-refractivity contribution in [3.05, 3.63) is 42.0 Å². The van der Waals surface area contributed by atoms with Gasteiger partial charge in [0.15, 0.2) is 0 Å². The summed E-state index contributed by atoms with van der Waals surface area (Å²) in [5.41, 5.74) is 0.383. The van der Waals surface area contributed by atoms with E-state index in [1.54, 1.807) is 19.9 Å². The van der Waals surface area contributed by atoms with Gasteiger partial charge in [-0.2, -0.15) is 0 Å². The first-order valence-electron chi connectivity index (χ1n) is 9.44. The van der Waals surface area contributed by atoms with Gasteiger partial charge in [-0.15, -0.1) is 11.8 Å². The summed E-state index contributed by atoms with van der Waals surface area (Å²) in [6, 6.07) is 9.46. The predicted octanol–water partition coefficient (Wildman–Crippen LogP) is 2.48. The molecular weight excluding hydrogens is 392 g/mol. The van der Waals surface area contributed by atoms with Crippen molar-refractivity contribution in [1.82, 2.24) is 10.2 Å². The van der Waals surface area contributed by atoms with Crippen molar-refractivity contribution in [2.45, 2.75) is 43.0 Å². The van der Waals surface area contributed by atoms with Crippen LogP contribution in [-0.4, -0.2) is 56.6 Å². The molecule has 2 aliphatic heterocycles. The quantitative estimate of drug-likeness (QED) is 0.730. The third-order valence-electron chi connectivity index (χ3n) is 5.38. The number of nitrogens with zero attached hydrogens (tertiary/aromatic N) is 1. The van der Waals surface area contributed by atoms with E-state index in [0.29, 0.717) is 17.9 Å². The third-order valence-corrected chi connectivity index (χ3v) is 6.95. The van der Waals surface area contributed by atoms with E-state index in [2.05, 4.69) is 5.32 Å². The smallest absolute Gasteiger partial charge is 0.327 e. The third kappa shape index (κ3) is 3.02. The number of carbonyl (C=O) groups is 3. The van der Waals surface area contributed by atoms with Crippen LogP contribution in [0, 0.1) is 0 Å². The molecule has 2 saturated heterocycles. The van der Waals surface area contributed by atoms with E-state index < -0.39 is 34.1 Å². The Morgan fingerprint density at radius 1 is 1.24 bits per heavy atom. The molecule has 29 heavy (non-hydrogen) atoms. The van der Waals surface area contributed by atoms with Crippen LogP contribution in [0.1, 0.15) is 31.1 Å². The molecule has 0 radical (unpaired) electrons. The minimum absolute atomic E-state index is 0.368. The summed E-state index contributed by atoms with van der Waals surface area (Å²) in [7, 11) is 0. The van der Waals surface area contributed by atoms with Gasteiger partial charge >= 0.3 is 5.97 Å². The summed E-state index contributed by atoms with van der Waals surface area (Å²) < 4.78 is 5.02. The Balaban J connectivity index is 1.64. The minimum Gasteiger partial charge on any atom is -0.493 e. The average molecular weight is 414 g/mol. The van der Waals surface area contributed by atoms with E-state index in [0.717, 1.165) is 10.8 Å². The Morgan fingerprint density at radius 3 is 2.66 bits per heavy atom. The molecule has 0 spiro atoms. The van der Waals surface area contributed by atoms with Crippen molar-refractivity contribution in [2.24, 2.45) is 0 Å². The zero-order valence-electron chi connectivity index (χ0n) is 16.3. The number of nitrogens with one attached hydrogen (secondary N) is 1. The highest BCUT2D eigenvalue weighted by molar-refractivity contribution is 8.01. The molecule has 2 amide bonds. The first-order chi connectivity index (χ1) is 13.8. The highest BCUT2D eigenvalue weighted by Crippen LogP contribution is 2.50. The van der Waals surface area contributed by atoms with Crippen LogP contribution in [0.15, 0.2) is 36.4 Å². The van der Waals surface area contributed by atoms with E-state index in [9.17, 15) is 19.5 Å². The minimum atomic E-state index is -1.03. The van der Waals surface area contributed by atoms with Gasteiger partial charge in [-0.1, -0.05) is 30.3 Å². The number of β-lactam (4-membered cyclic amide) rings is 1. The lowest BCUT2D eigenvalue weighted by Gasteiger charge is -2.43. The van der Waals surface area contributed by atoms with E-state index in [1.807, 2.05) is 37.3 Å². The number of hydrogen-bond donors (Lipinski definition) is 2. The SMILES string of the molecule is CCOc1ccc2ccccc2c1C(=O)NC1C(=O)N2[C@@H]1SC(C)(C)[C@@H]2C(=O)O. The van der Waals surface area contributed by atoms with Gasteiger partial charge in [0.1, 0.15) is 23.2 Å². The van der Waals surface area contributed by atoms with Crippen molar-refractivity contribution in [3.63, 3.8) is 0 Å². The second kappa shape index (κ2) is 6.95. The van der Waals surface area contributed by atoms with Gasteiger partial charge in [0.05, 0.1) is 12.2 Å². The first kappa shape index (κ1) is 19.6. The highest BCUT2D eigenvalue weighted by Gasteiger charge is 2.64. The number of benzene rings is 2. The Bertz CT molecular complexity index is 1020. The van der Waals surface area contributed by atoms with E-state index >= 15 is 0 Å². The number of carboxylic acids is 1. The number of fused-ring (bicyclic) bond motifs is 2. The lowest BCUT2D eigenvalue weighted by Crippen LogP contribution is -2.70. The van der Waals surface area contributed by atoms with Crippen molar-refractivity contribution in [2.75, 3.05) is 6.61 Å². The van der Waals surface area contributed by atoms with Crippen molar-refractivity contribution in [1.29, 1.82) is 0 Å². The summed E-state index contributed by atoms with van der Waals surface area (Å²) in [6.07, 6.45) is 0. The Kier molecular flexibility index (Phi) is 4.69.